The van der Waals surface area contributed by atoms with Gasteiger partial charge >= 0.3 is 6.01 Å². The number of carbonyl (C=O) groups is 1. The Morgan fingerprint density at radius 3 is 2.74 bits per heavy atom. The van der Waals surface area contributed by atoms with E-state index in [1.54, 1.807) is 12.3 Å². The second-order valence-electron chi connectivity index (χ2n) is 12.0. The lowest BCUT2D eigenvalue weighted by atomic mass is 9.94. The fraction of sp³-hybridized carbons (Fsp3) is 0.324. The molecule has 3 aromatic heterocycles. The van der Waals surface area contributed by atoms with Gasteiger partial charge < -0.3 is 30.1 Å². The van der Waals surface area contributed by atoms with E-state index < -0.39 is 17.4 Å². The number of hydrogen-bond acceptors (Lipinski definition) is 11. The summed E-state index contributed by atoms with van der Waals surface area (Å²) in [4.78, 5) is 34.9. The van der Waals surface area contributed by atoms with Crippen LogP contribution in [0.4, 0.5) is 20.4 Å². The monoisotopic (exact) mass is 641 g/mol. The van der Waals surface area contributed by atoms with E-state index in [1.807, 2.05) is 24.9 Å². The van der Waals surface area contributed by atoms with Gasteiger partial charge in [0.25, 0.3) is 0 Å². The number of halogens is 2. The van der Waals surface area contributed by atoms with Crippen LogP contribution in [0.2, 0.25) is 0 Å². The normalized spacial score (nSPS) is 17.1. The summed E-state index contributed by atoms with van der Waals surface area (Å²) >= 11 is 0. The minimum atomic E-state index is -0.875. The largest absolute Gasteiger partial charge is 0.508 e. The van der Waals surface area contributed by atoms with Crippen LogP contribution in [-0.4, -0.2) is 75.1 Å². The molecular formula is C34H33F2N7O4. The highest BCUT2D eigenvalue weighted by atomic mass is 19.1. The maximum absolute atomic E-state index is 17.0. The Balaban J connectivity index is 1.47. The molecule has 7 rings (SSSR count). The first kappa shape index (κ1) is 30.5. The maximum Gasteiger partial charge on any atom is 0.319 e. The van der Waals surface area contributed by atoms with Gasteiger partial charge in [0.15, 0.2) is 11.6 Å². The minimum absolute atomic E-state index is 0.0109. The highest BCUT2D eigenvalue weighted by Gasteiger charge is 2.32. The number of likely N-dealkylation sites (tertiary alicyclic amines) is 1. The van der Waals surface area contributed by atoms with Gasteiger partial charge in [-0.05, 0) is 69.9 Å². The van der Waals surface area contributed by atoms with Gasteiger partial charge in [0.2, 0.25) is 5.88 Å². The molecule has 13 heteroatoms. The van der Waals surface area contributed by atoms with Crippen LogP contribution in [0.5, 0.6) is 17.6 Å². The number of ketones is 1. The van der Waals surface area contributed by atoms with Crippen LogP contribution in [0.3, 0.4) is 0 Å². The summed E-state index contributed by atoms with van der Waals surface area (Å²) in [6.45, 7) is 4.88. The zero-order chi connectivity index (χ0) is 33.0. The zero-order valence-electron chi connectivity index (χ0n) is 26.1. The molecule has 2 aromatic carbocycles. The summed E-state index contributed by atoms with van der Waals surface area (Å²) in [6.07, 6.45) is 3.59. The van der Waals surface area contributed by atoms with E-state index in [-0.39, 0.29) is 69.4 Å². The molecule has 5 heterocycles. The van der Waals surface area contributed by atoms with Gasteiger partial charge in [0.05, 0.1) is 18.2 Å². The summed E-state index contributed by atoms with van der Waals surface area (Å²) in [7, 11) is 2.02. The van der Waals surface area contributed by atoms with Gasteiger partial charge in [-0.15, -0.1) is 0 Å². The van der Waals surface area contributed by atoms with Crippen molar-refractivity contribution in [2.24, 2.45) is 0 Å². The summed E-state index contributed by atoms with van der Waals surface area (Å²) in [6, 6.07) is 8.60. The molecule has 0 saturated carbocycles. The average molecular weight is 642 g/mol. The molecule has 2 aliphatic rings. The first-order valence-electron chi connectivity index (χ1n) is 15.4. The maximum atomic E-state index is 17.0. The van der Waals surface area contributed by atoms with Crippen LogP contribution in [0.15, 0.2) is 42.6 Å². The first-order valence-corrected chi connectivity index (χ1v) is 15.4. The lowest BCUT2D eigenvalue weighted by Gasteiger charge is -2.30. The van der Waals surface area contributed by atoms with E-state index in [1.165, 1.54) is 25.1 Å². The van der Waals surface area contributed by atoms with Crippen molar-refractivity contribution in [2.45, 2.75) is 38.8 Å². The van der Waals surface area contributed by atoms with E-state index in [4.69, 9.17) is 20.2 Å². The number of rotatable bonds is 7. The van der Waals surface area contributed by atoms with Crippen molar-refractivity contribution >= 4 is 39.1 Å². The van der Waals surface area contributed by atoms with Crippen molar-refractivity contribution in [2.75, 3.05) is 44.0 Å². The Morgan fingerprint density at radius 2 is 2.00 bits per heavy atom. The third-order valence-corrected chi connectivity index (χ3v) is 9.08. The van der Waals surface area contributed by atoms with Gasteiger partial charge in [-0.2, -0.15) is 9.97 Å². The van der Waals surface area contributed by atoms with Gasteiger partial charge in [-0.3, -0.25) is 4.79 Å². The topological polar surface area (TPSA) is 140 Å². The number of nitrogen functional groups attached to an aromatic ring is 1. The molecule has 1 fully saturated rings. The number of hydrogen-bond donors (Lipinski definition) is 2. The van der Waals surface area contributed by atoms with Crippen molar-refractivity contribution < 1.29 is 28.2 Å². The Hall–Kier alpha value is -5.17. The van der Waals surface area contributed by atoms with Gasteiger partial charge in [-0.25, -0.2) is 18.7 Å². The third-order valence-electron chi connectivity index (χ3n) is 9.08. The van der Waals surface area contributed by atoms with Crippen LogP contribution in [0, 0.1) is 11.6 Å². The fourth-order valence-electron chi connectivity index (χ4n) is 6.65. The van der Waals surface area contributed by atoms with E-state index in [0.717, 1.165) is 31.0 Å². The minimum Gasteiger partial charge on any atom is -0.508 e. The van der Waals surface area contributed by atoms with Crippen LogP contribution >= 0.6 is 0 Å². The molecule has 2 atom stereocenters. The molecule has 1 saturated heterocycles. The highest BCUT2D eigenvalue weighted by molar-refractivity contribution is 6.13. The van der Waals surface area contributed by atoms with E-state index in [0.29, 0.717) is 30.2 Å². The lowest BCUT2D eigenvalue weighted by Crippen LogP contribution is -2.32. The molecule has 2 aliphatic heterocycles. The number of anilines is 2. The second-order valence-corrected chi connectivity index (χ2v) is 12.0. The number of nitrogens with zero attached hydrogens (tertiary/aromatic N) is 6. The number of benzene rings is 2. The summed E-state index contributed by atoms with van der Waals surface area (Å²) in [5.41, 5.74) is 6.36. The number of pyridine rings is 2. The van der Waals surface area contributed by atoms with Crippen LogP contribution in [0.1, 0.15) is 48.7 Å². The van der Waals surface area contributed by atoms with Crippen molar-refractivity contribution in [3.05, 3.63) is 65.4 Å². The molecule has 0 aliphatic carbocycles. The smallest absolute Gasteiger partial charge is 0.319 e. The van der Waals surface area contributed by atoms with E-state index in [9.17, 15) is 9.90 Å². The van der Waals surface area contributed by atoms with Gasteiger partial charge in [0.1, 0.15) is 53.0 Å². The average Bonchev–Trinajstić information content (AvgIpc) is 3.37. The standard InChI is InChI=1S/C34H33F2N7O4/c1-17(22-7-4-10-38-31(22)37)43-12-13-46-33-27-30(40-34(41-32(27)43)47-16-20-6-5-11-42(20)3)28(36)29(39-33)23-15-21(45)14-19-8-9-24(35)25(18(2)44)26(19)23/h4,7-10,14-15,17,20,45H,5-6,11-13,16H2,1-3H3,(H2,37,38)/t17?,20-/m0/s1. The number of likely N-dealkylation sites (N-methyl/N-ethyl adjacent to an activating group) is 1. The summed E-state index contributed by atoms with van der Waals surface area (Å²) in [5.74, 6) is -1.71. The van der Waals surface area contributed by atoms with Crippen molar-refractivity contribution in [3.8, 4) is 28.9 Å². The molecule has 0 amide bonds. The van der Waals surface area contributed by atoms with Crippen LogP contribution < -0.4 is 20.1 Å². The van der Waals surface area contributed by atoms with Gasteiger partial charge in [-0.1, -0.05) is 12.1 Å². The SMILES string of the molecule is CC(=O)c1c(F)ccc2cc(O)cc(-c3nc4c5c(nc(OC[C@@H]6CCCN6C)nc5c3F)N(C(C)c3cccnc3N)CCO4)c12. The molecule has 5 aromatic rings. The Kier molecular flexibility index (Phi) is 7.71. The number of aromatic hydroxyl groups is 1. The molecule has 0 spiro atoms. The van der Waals surface area contributed by atoms with Crippen molar-refractivity contribution in [3.63, 3.8) is 0 Å². The number of phenolic OH excluding ortho intramolecular Hbond substituents is 1. The van der Waals surface area contributed by atoms with Gasteiger partial charge in [0, 0.05) is 28.8 Å². The first-order chi connectivity index (χ1) is 22.6. The fourth-order valence-corrected chi connectivity index (χ4v) is 6.65. The van der Waals surface area contributed by atoms with E-state index in [2.05, 4.69) is 19.9 Å². The van der Waals surface area contributed by atoms with Crippen molar-refractivity contribution in [1.82, 2.24) is 24.8 Å². The Morgan fingerprint density at radius 1 is 1.17 bits per heavy atom. The molecule has 242 valence electrons. The lowest BCUT2D eigenvalue weighted by molar-refractivity contribution is 0.101. The molecule has 0 radical (unpaired) electrons. The number of Topliss-reactive ketones (excluding diaryl/α,β-unsaturated/α-hetero) is 1. The van der Waals surface area contributed by atoms with Crippen LogP contribution in [0.25, 0.3) is 32.9 Å². The predicted molar refractivity (Wildman–Crippen MR) is 173 cm³/mol. The van der Waals surface area contributed by atoms with E-state index >= 15 is 8.78 Å². The number of fused-ring (bicyclic) bond motifs is 1. The second kappa shape index (κ2) is 11.9. The number of aromatic nitrogens is 4. The number of phenols is 1. The quantitative estimate of drug-likeness (QED) is 0.220. The van der Waals surface area contributed by atoms with Crippen molar-refractivity contribution in [1.29, 1.82) is 0 Å². The molecule has 1 unspecified atom stereocenters. The molecule has 11 nitrogen and oxygen atoms in total. The summed E-state index contributed by atoms with van der Waals surface area (Å²) in [5, 5.41) is 11.3. The molecule has 0 bridgehead atoms. The molecule has 47 heavy (non-hydrogen) atoms. The predicted octanol–water partition coefficient (Wildman–Crippen LogP) is 5.44. The Bertz CT molecular complexity index is 2060. The zero-order valence-corrected chi connectivity index (χ0v) is 26.1. The number of ether oxygens (including phenoxy) is 2. The Labute approximate surface area is 269 Å². The molecular weight excluding hydrogens is 608 g/mol. The highest BCUT2D eigenvalue weighted by Crippen LogP contribution is 2.44. The number of carbonyl (C=O) groups excluding carboxylic acids is 1. The number of nitrogens with two attached hydrogens (primary N) is 1. The third kappa shape index (κ3) is 5.29. The molecule has 3 N–H and O–H groups in total. The summed E-state index contributed by atoms with van der Waals surface area (Å²) < 4.78 is 44.4. The van der Waals surface area contributed by atoms with Crippen LogP contribution in [-0.2, 0) is 0 Å².